The third kappa shape index (κ3) is 2.07. The second-order valence-corrected chi connectivity index (χ2v) is 9.02. The highest BCUT2D eigenvalue weighted by molar-refractivity contribution is 5.94. The van der Waals surface area contributed by atoms with Gasteiger partial charge in [0.25, 0.3) is 0 Å². The standard InChI is InChI=1S/C21H28O5/c1-19-7-5-13(23)9-12(19)3-4-14-15-6-8-21(26,17(25)11-22)20(15,2)10-16(24)18(14)19/h9,14-15,18,22,26H,3-8,10-11H2,1-2H3/t14-,15-,18+,19-,20-,21-/m0/s1/i5D,7D/t5?,7?,14-,15-,18+,19-,20-,21-. The van der Waals surface area contributed by atoms with Gasteiger partial charge in [0.15, 0.2) is 11.6 Å². The van der Waals surface area contributed by atoms with Crippen LogP contribution in [0.3, 0.4) is 0 Å². The van der Waals surface area contributed by atoms with Gasteiger partial charge in [-0.05, 0) is 55.4 Å². The fourth-order valence-corrected chi connectivity index (χ4v) is 6.62. The lowest BCUT2D eigenvalue weighted by atomic mass is 9.46. The van der Waals surface area contributed by atoms with Crippen LogP contribution in [0.4, 0.5) is 0 Å². The summed E-state index contributed by atoms with van der Waals surface area (Å²) in [6.45, 7) is 2.89. The summed E-state index contributed by atoms with van der Waals surface area (Å²) in [5.74, 6) is -1.71. The second-order valence-electron chi connectivity index (χ2n) is 9.02. The number of fused-ring (bicyclic) bond motifs is 5. The van der Waals surface area contributed by atoms with Crippen molar-refractivity contribution >= 4 is 17.3 Å². The van der Waals surface area contributed by atoms with Gasteiger partial charge in [-0.2, -0.15) is 0 Å². The molecule has 3 saturated carbocycles. The number of allylic oxidation sites excluding steroid dienone is 1. The van der Waals surface area contributed by atoms with Crippen LogP contribution >= 0.6 is 0 Å². The first-order chi connectivity index (χ1) is 13.0. The van der Waals surface area contributed by atoms with Gasteiger partial charge in [-0.15, -0.1) is 0 Å². The molecule has 8 atom stereocenters. The number of carbonyl (C=O) groups is 3. The lowest BCUT2D eigenvalue weighted by Crippen LogP contribution is -2.60. The van der Waals surface area contributed by atoms with Crippen molar-refractivity contribution in [1.82, 2.24) is 0 Å². The van der Waals surface area contributed by atoms with Gasteiger partial charge in [-0.1, -0.05) is 19.4 Å². The van der Waals surface area contributed by atoms with E-state index in [1.165, 1.54) is 6.08 Å². The molecule has 0 spiro atoms. The zero-order valence-electron chi connectivity index (χ0n) is 17.3. The summed E-state index contributed by atoms with van der Waals surface area (Å²) in [4.78, 5) is 37.9. The smallest absolute Gasteiger partial charge is 0.190 e. The molecule has 0 bridgehead atoms. The lowest BCUT2D eigenvalue weighted by molar-refractivity contribution is -0.170. The van der Waals surface area contributed by atoms with Crippen molar-refractivity contribution in [2.24, 2.45) is 28.6 Å². The van der Waals surface area contributed by atoms with E-state index in [0.29, 0.717) is 19.3 Å². The Bertz CT molecular complexity index is 794. The molecule has 4 aliphatic rings. The predicted molar refractivity (Wildman–Crippen MR) is 94.1 cm³/mol. The molecule has 5 nitrogen and oxygen atoms in total. The van der Waals surface area contributed by atoms with Gasteiger partial charge in [0.2, 0.25) is 0 Å². The van der Waals surface area contributed by atoms with Gasteiger partial charge in [0, 0.05) is 26.9 Å². The van der Waals surface area contributed by atoms with E-state index in [-0.39, 0.29) is 36.2 Å². The molecular weight excluding hydrogens is 332 g/mol. The van der Waals surface area contributed by atoms with Gasteiger partial charge in [-0.3, -0.25) is 14.4 Å². The Morgan fingerprint density at radius 3 is 2.77 bits per heavy atom. The summed E-state index contributed by atoms with van der Waals surface area (Å²) in [5.41, 5.74) is -2.68. The Hall–Kier alpha value is -1.33. The summed E-state index contributed by atoms with van der Waals surface area (Å²) in [7, 11) is 0. The summed E-state index contributed by atoms with van der Waals surface area (Å²) in [6, 6.07) is 0. The van der Waals surface area contributed by atoms with E-state index in [4.69, 9.17) is 2.74 Å². The van der Waals surface area contributed by atoms with Crippen LogP contribution < -0.4 is 0 Å². The fourth-order valence-electron chi connectivity index (χ4n) is 6.62. The number of ketones is 3. The molecule has 3 fully saturated rings. The second kappa shape index (κ2) is 5.59. The Balaban J connectivity index is 1.78. The molecule has 2 N–H and O–H groups in total. The Morgan fingerprint density at radius 2 is 2.08 bits per heavy atom. The van der Waals surface area contributed by atoms with E-state index < -0.39 is 47.5 Å². The molecule has 5 heteroatoms. The average Bonchev–Trinajstić information content (AvgIpc) is 2.92. The first-order valence-corrected chi connectivity index (χ1v) is 9.51. The molecular formula is C21H28O5. The van der Waals surface area contributed by atoms with Crippen LogP contribution in [0.2, 0.25) is 0 Å². The third-order valence-corrected chi connectivity index (χ3v) is 8.01. The molecule has 0 radical (unpaired) electrons. The molecule has 0 heterocycles. The largest absolute Gasteiger partial charge is 0.388 e. The normalized spacial score (nSPS) is 54.5. The zero-order chi connectivity index (χ0) is 20.6. The van der Waals surface area contributed by atoms with Gasteiger partial charge >= 0.3 is 0 Å². The van der Waals surface area contributed by atoms with Crippen LogP contribution in [0.1, 0.15) is 61.5 Å². The number of hydrogen-bond acceptors (Lipinski definition) is 5. The molecule has 142 valence electrons. The summed E-state index contributed by atoms with van der Waals surface area (Å²) < 4.78 is 16.7. The summed E-state index contributed by atoms with van der Waals surface area (Å²) >= 11 is 0. The Kier molecular flexibility index (Phi) is 3.37. The summed E-state index contributed by atoms with van der Waals surface area (Å²) in [5, 5.41) is 20.5. The van der Waals surface area contributed by atoms with Crippen LogP contribution in [0, 0.1) is 28.6 Å². The molecule has 26 heavy (non-hydrogen) atoms. The lowest BCUT2D eigenvalue weighted by Gasteiger charge is -2.57. The van der Waals surface area contributed by atoms with E-state index in [1.807, 2.05) is 6.92 Å². The molecule has 0 amide bonds. The van der Waals surface area contributed by atoms with Gasteiger partial charge in [-0.25, -0.2) is 0 Å². The number of hydrogen-bond donors (Lipinski definition) is 2. The maximum absolute atomic E-state index is 13.4. The van der Waals surface area contributed by atoms with Crippen molar-refractivity contribution in [2.75, 3.05) is 6.61 Å². The topological polar surface area (TPSA) is 91.7 Å². The fraction of sp³-hybridized carbons (Fsp3) is 0.762. The molecule has 0 aromatic rings. The number of Topliss-reactive ketones (excluding diaryl/α,β-unsaturated/α-hetero) is 2. The van der Waals surface area contributed by atoms with Crippen molar-refractivity contribution in [1.29, 1.82) is 0 Å². The van der Waals surface area contributed by atoms with Crippen molar-refractivity contribution in [2.45, 2.75) is 64.3 Å². The first kappa shape index (κ1) is 15.7. The van der Waals surface area contributed by atoms with Gasteiger partial charge in [0.05, 0.1) is 0 Å². The maximum atomic E-state index is 13.4. The van der Waals surface area contributed by atoms with Crippen molar-refractivity contribution in [3.8, 4) is 0 Å². The zero-order valence-corrected chi connectivity index (χ0v) is 15.3. The minimum absolute atomic E-state index is 0.0211. The number of aliphatic hydroxyl groups is 2. The van der Waals surface area contributed by atoms with Crippen molar-refractivity contribution < 1.29 is 27.3 Å². The molecule has 4 aliphatic carbocycles. The number of rotatable bonds is 2. The van der Waals surface area contributed by atoms with Gasteiger partial charge in [0.1, 0.15) is 18.0 Å². The minimum atomic E-state index is -1.70. The van der Waals surface area contributed by atoms with E-state index in [0.717, 1.165) is 5.57 Å². The Morgan fingerprint density at radius 1 is 1.35 bits per heavy atom. The number of carbonyl (C=O) groups excluding carboxylic acids is 3. The highest BCUT2D eigenvalue weighted by Gasteiger charge is 2.68. The monoisotopic (exact) mass is 362 g/mol. The van der Waals surface area contributed by atoms with Crippen molar-refractivity contribution in [3.63, 3.8) is 0 Å². The van der Waals surface area contributed by atoms with Crippen LogP contribution in [-0.4, -0.2) is 39.8 Å². The molecule has 0 aliphatic heterocycles. The van der Waals surface area contributed by atoms with E-state index in [2.05, 4.69) is 0 Å². The van der Waals surface area contributed by atoms with E-state index >= 15 is 0 Å². The predicted octanol–water partition coefficient (Wildman–Crippen LogP) is 1.99. The van der Waals surface area contributed by atoms with E-state index in [1.54, 1.807) is 6.92 Å². The molecule has 4 rings (SSSR count). The third-order valence-electron chi connectivity index (χ3n) is 8.01. The maximum Gasteiger partial charge on any atom is 0.190 e. The van der Waals surface area contributed by atoms with Crippen LogP contribution in [0.15, 0.2) is 11.6 Å². The van der Waals surface area contributed by atoms with Crippen LogP contribution in [0.5, 0.6) is 0 Å². The number of aliphatic hydroxyl groups excluding tert-OH is 1. The average molecular weight is 362 g/mol. The SMILES string of the molecule is [2H]C1C(=O)C=C2CC[C@H]3[C@@H]4CC[C@](O)(C(=O)CO)[C@@]4(C)CC(=O)[C@@H]3[C@@]2(C)C1[2H]. The quantitative estimate of drug-likeness (QED) is 0.784. The van der Waals surface area contributed by atoms with Crippen molar-refractivity contribution in [3.05, 3.63) is 11.6 Å². The van der Waals surface area contributed by atoms with Crippen LogP contribution in [0.25, 0.3) is 0 Å². The molecule has 0 saturated heterocycles. The van der Waals surface area contributed by atoms with E-state index in [9.17, 15) is 24.6 Å². The summed E-state index contributed by atoms with van der Waals surface area (Å²) in [6.07, 6.45) is 1.40. The molecule has 0 aromatic heterocycles. The van der Waals surface area contributed by atoms with Gasteiger partial charge < -0.3 is 10.2 Å². The minimum Gasteiger partial charge on any atom is -0.388 e. The van der Waals surface area contributed by atoms with Crippen LogP contribution in [-0.2, 0) is 14.4 Å². The molecule has 0 aromatic carbocycles. The highest BCUT2D eigenvalue weighted by Crippen LogP contribution is 2.66. The highest BCUT2D eigenvalue weighted by atomic mass is 16.3. The Labute approximate surface area is 156 Å². The molecule has 2 unspecified atom stereocenters. The first-order valence-electron chi connectivity index (χ1n) is 10.7.